The quantitative estimate of drug-likeness (QED) is 0.0991. The highest BCUT2D eigenvalue weighted by molar-refractivity contribution is 5.84. The fourth-order valence-electron chi connectivity index (χ4n) is 11.8. The number of piperidine rings is 6. The van der Waals surface area contributed by atoms with Crippen molar-refractivity contribution in [2.24, 2.45) is 23.7 Å². The minimum absolute atomic E-state index is 0.0510. The van der Waals surface area contributed by atoms with Gasteiger partial charge >= 0.3 is 0 Å². The zero-order valence-electron chi connectivity index (χ0n) is 32.8. The monoisotopic (exact) mass is 752 g/mol. The molecule has 6 aliphatic rings. The van der Waals surface area contributed by atoms with Gasteiger partial charge in [0.1, 0.15) is 48.9 Å². The number of benzene rings is 3. The number of aliphatic hydroxyl groups is 2. The number of nitrogens with zero attached hydrogens (tertiary/aromatic N) is 4. The predicted octanol–water partition coefficient (Wildman–Crippen LogP) is 8.09. The van der Waals surface area contributed by atoms with Gasteiger partial charge in [-0.25, -0.2) is 0 Å². The minimum Gasteiger partial charge on any atom is -0.497 e. The maximum absolute atomic E-state index is 12.4. The first kappa shape index (κ1) is 37.0. The number of quaternary nitrogens is 2. The highest BCUT2D eigenvalue weighted by Crippen LogP contribution is 2.50. The van der Waals surface area contributed by atoms with E-state index in [1.807, 2.05) is 60.9 Å². The molecule has 2 N–H and O–H groups in total. The third kappa shape index (κ3) is 6.31. The number of hydrogen-bond acceptors (Lipinski definition) is 6. The molecule has 5 aromatic rings. The molecule has 56 heavy (non-hydrogen) atoms. The third-order valence-electron chi connectivity index (χ3n) is 14.7. The van der Waals surface area contributed by atoms with Gasteiger partial charge in [-0.2, -0.15) is 0 Å². The van der Waals surface area contributed by atoms with Crippen molar-refractivity contribution in [3.05, 3.63) is 133 Å². The van der Waals surface area contributed by atoms with Crippen LogP contribution >= 0.6 is 0 Å². The van der Waals surface area contributed by atoms with E-state index in [1.165, 1.54) is 11.1 Å². The maximum atomic E-state index is 12.4. The first-order chi connectivity index (χ1) is 27.3. The molecule has 4 bridgehead atoms. The zero-order chi connectivity index (χ0) is 38.6. The minimum atomic E-state index is -0.639. The van der Waals surface area contributed by atoms with E-state index >= 15 is 0 Å². The van der Waals surface area contributed by atoms with Crippen LogP contribution in [0.2, 0.25) is 0 Å². The Bertz CT molecular complexity index is 2120. The molecule has 2 aromatic heterocycles. The molecule has 0 unspecified atom stereocenters. The zero-order valence-corrected chi connectivity index (χ0v) is 32.8. The van der Waals surface area contributed by atoms with Crippen molar-refractivity contribution in [1.82, 2.24) is 9.97 Å². The predicted molar refractivity (Wildman–Crippen MR) is 221 cm³/mol. The lowest BCUT2D eigenvalue weighted by Gasteiger charge is -2.58. The van der Waals surface area contributed by atoms with Crippen molar-refractivity contribution in [2.45, 2.75) is 63.1 Å². The molecule has 0 aliphatic carbocycles. The Morgan fingerprint density at radius 2 is 1.14 bits per heavy atom. The van der Waals surface area contributed by atoms with Gasteiger partial charge in [0.25, 0.3) is 0 Å². The molecule has 0 radical (unpaired) electrons. The van der Waals surface area contributed by atoms with Gasteiger partial charge < -0.3 is 28.7 Å². The van der Waals surface area contributed by atoms with Crippen molar-refractivity contribution >= 4 is 21.8 Å². The molecule has 6 aliphatic heterocycles. The van der Waals surface area contributed by atoms with Crippen molar-refractivity contribution in [3.63, 3.8) is 0 Å². The van der Waals surface area contributed by atoms with E-state index < -0.39 is 12.2 Å². The molecule has 3 aromatic carbocycles. The smallest absolute Gasteiger partial charge is 0.131 e. The summed E-state index contributed by atoms with van der Waals surface area (Å²) in [5.74, 6) is 3.45. The molecule has 11 rings (SSSR count). The molecule has 8 heteroatoms. The van der Waals surface area contributed by atoms with Gasteiger partial charge in [0.15, 0.2) is 0 Å². The van der Waals surface area contributed by atoms with E-state index in [1.54, 1.807) is 14.2 Å². The standard InChI is InChI=1S/C48H56N4O4/c1-5-33-29-51(20-16-35(33)23-45(51)47(53)39-14-18-49-43-12-10-37(55-3)25-41(39)43)27-31-8-7-9-32(22-31)28-52-21-17-36(34(6-2)30-52)24-46(52)48(54)40-15-19-50-44-13-11-38(56-4)26-42(40)44/h5-15,18-19,22,25-26,33-36,45-48,53-54H,1-2,16-17,20-21,23-24,27-30H2,3-4H3/q+2/t33-,34-,35-,36-,45+,46+,47-,48-,51+,52+/m0/s1. The van der Waals surface area contributed by atoms with E-state index in [0.29, 0.717) is 23.7 Å². The number of fused-ring (bicyclic) bond motifs is 8. The van der Waals surface area contributed by atoms with Crippen LogP contribution in [0.15, 0.2) is 111 Å². The molecular weight excluding hydrogens is 697 g/mol. The van der Waals surface area contributed by atoms with Gasteiger partial charge in [-0.1, -0.05) is 30.4 Å². The third-order valence-corrected chi connectivity index (χ3v) is 14.7. The normalized spacial score (nSPS) is 30.6. The second kappa shape index (κ2) is 14.7. The lowest BCUT2D eigenvalue weighted by Crippen LogP contribution is -2.67. The number of aliphatic hydroxyl groups excluding tert-OH is 2. The summed E-state index contributed by atoms with van der Waals surface area (Å²) in [4.78, 5) is 9.25. The fourth-order valence-corrected chi connectivity index (χ4v) is 11.8. The first-order valence-electron chi connectivity index (χ1n) is 20.5. The Hall–Kier alpha value is -4.60. The molecule has 6 saturated heterocycles. The number of pyridine rings is 2. The average molecular weight is 753 g/mol. The lowest BCUT2D eigenvalue weighted by molar-refractivity contribution is -0.985. The summed E-state index contributed by atoms with van der Waals surface area (Å²) in [6.45, 7) is 14.3. The Labute approximate surface area is 330 Å². The van der Waals surface area contributed by atoms with Gasteiger partial charge in [0.05, 0.1) is 51.4 Å². The van der Waals surface area contributed by atoms with Crippen LogP contribution in [0.25, 0.3) is 21.8 Å². The SMILES string of the molecule is C=C[C@H]1C[N@+]2(Cc3cccc(C[N@@+]45CC[C@@H](C[C@@H]4[C@@H](O)c4ccnc6ccc(OC)cc46)[C@@H](C=C)C5)c3)CC[C@H]1C[C@@H]2[C@@H](O)c1ccnc2ccc(OC)cc12. The summed E-state index contributed by atoms with van der Waals surface area (Å²) >= 11 is 0. The highest BCUT2D eigenvalue weighted by atomic mass is 16.5. The van der Waals surface area contributed by atoms with Crippen LogP contribution in [0, 0.1) is 23.7 Å². The second-order valence-corrected chi connectivity index (χ2v) is 17.3. The first-order valence-corrected chi connectivity index (χ1v) is 20.5. The van der Waals surface area contributed by atoms with E-state index in [0.717, 1.165) is 118 Å². The molecule has 0 saturated carbocycles. The Kier molecular flexibility index (Phi) is 9.73. The van der Waals surface area contributed by atoms with E-state index in [4.69, 9.17) is 9.47 Å². The Morgan fingerprint density at radius 1 is 0.679 bits per heavy atom. The summed E-state index contributed by atoms with van der Waals surface area (Å²) in [6, 6.07) is 25.2. The van der Waals surface area contributed by atoms with Crippen LogP contribution in [0.5, 0.6) is 11.5 Å². The van der Waals surface area contributed by atoms with Crippen LogP contribution in [0.3, 0.4) is 0 Å². The molecule has 8 heterocycles. The van der Waals surface area contributed by atoms with Crippen molar-refractivity contribution in [1.29, 1.82) is 0 Å². The van der Waals surface area contributed by atoms with Gasteiger partial charge in [0, 0.05) is 71.8 Å². The summed E-state index contributed by atoms with van der Waals surface area (Å²) in [7, 11) is 3.36. The van der Waals surface area contributed by atoms with Gasteiger partial charge in [0.2, 0.25) is 0 Å². The van der Waals surface area contributed by atoms with Crippen molar-refractivity contribution in [3.8, 4) is 11.5 Å². The Morgan fingerprint density at radius 3 is 1.57 bits per heavy atom. The van der Waals surface area contributed by atoms with Crippen LogP contribution in [-0.4, -0.2) is 81.6 Å². The summed E-state index contributed by atoms with van der Waals surface area (Å²) in [6.07, 6.45) is 10.9. The van der Waals surface area contributed by atoms with E-state index in [2.05, 4.69) is 59.5 Å². The highest BCUT2D eigenvalue weighted by Gasteiger charge is 2.55. The number of hydrogen-bond donors (Lipinski definition) is 2. The number of methoxy groups -OCH3 is 2. The van der Waals surface area contributed by atoms with Gasteiger partial charge in [-0.3, -0.25) is 9.97 Å². The van der Waals surface area contributed by atoms with Crippen LogP contribution < -0.4 is 9.47 Å². The molecule has 10 atom stereocenters. The van der Waals surface area contributed by atoms with Crippen LogP contribution in [-0.2, 0) is 13.1 Å². The van der Waals surface area contributed by atoms with E-state index in [9.17, 15) is 10.2 Å². The lowest BCUT2D eigenvalue weighted by atomic mass is 9.71. The van der Waals surface area contributed by atoms with Gasteiger partial charge in [-0.15, -0.1) is 13.2 Å². The molecule has 8 nitrogen and oxygen atoms in total. The fraction of sp³-hybridized carbons (Fsp3) is 0.417. The maximum Gasteiger partial charge on any atom is 0.131 e. The summed E-state index contributed by atoms with van der Waals surface area (Å²) < 4.78 is 12.9. The van der Waals surface area contributed by atoms with Crippen LogP contribution in [0.4, 0.5) is 0 Å². The van der Waals surface area contributed by atoms with Gasteiger partial charge in [-0.05, 0) is 77.6 Å². The van der Waals surface area contributed by atoms with E-state index in [-0.39, 0.29) is 12.1 Å². The van der Waals surface area contributed by atoms with Crippen LogP contribution in [0.1, 0.15) is 60.1 Å². The average Bonchev–Trinajstić information content (AvgIpc) is 3.25. The molecule has 290 valence electrons. The molecule has 0 spiro atoms. The number of aromatic nitrogens is 2. The van der Waals surface area contributed by atoms with Crippen molar-refractivity contribution < 1.29 is 28.7 Å². The molecule has 6 fully saturated rings. The second-order valence-electron chi connectivity index (χ2n) is 17.3. The summed E-state index contributed by atoms with van der Waals surface area (Å²) in [5, 5.41) is 26.8. The largest absolute Gasteiger partial charge is 0.497 e. The number of ether oxygens (including phenoxy) is 2. The summed E-state index contributed by atoms with van der Waals surface area (Å²) in [5.41, 5.74) is 6.21. The Balaban J connectivity index is 1.04. The molecule has 0 amide bonds. The topological polar surface area (TPSA) is 84.7 Å². The molecular formula is C48H56N4O4+2. The number of rotatable bonds is 12. The van der Waals surface area contributed by atoms with Crippen molar-refractivity contribution in [2.75, 3.05) is 40.4 Å².